The molecule has 0 radical (unpaired) electrons. The third-order valence-electron chi connectivity index (χ3n) is 3.50. The number of amides is 1. The smallest absolute Gasteiger partial charge is 0.305 e. The molecule has 1 atom stereocenters. The Morgan fingerprint density at radius 2 is 1.96 bits per heavy atom. The summed E-state index contributed by atoms with van der Waals surface area (Å²) in [5.74, 6) is -0.653. The molecule has 0 aliphatic heterocycles. The molecule has 2 N–H and O–H groups in total. The van der Waals surface area contributed by atoms with Gasteiger partial charge in [0.2, 0.25) is 5.91 Å². The number of hydrogen-bond acceptors (Lipinski definition) is 4. The maximum absolute atomic E-state index is 12.3. The molecule has 1 aromatic carbocycles. The third kappa shape index (κ3) is 4.66. The highest BCUT2D eigenvalue weighted by atomic mass is 79.9. The van der Waals surface area contributed by atoms with Crippen molar-refractivity contribution in [1.29, 1.82) is 0 Å². The summed E-state index contributed by atoms with van der Waals surface area (Å²) in [6, 6.07) is 6.60. The molecule has 0 bridgehead atoms. The topological polar surface area (TPSA) is 92.4 Å². The number of nitrogens with zero attached hydrogens (tertiary/aromatic N) is 1. The van der Waals surface area contributed by atoms with Crippen molar-refractivity contribution in [2.75, 3.05) is 0 Å². The second-order valence-corrected chi connectivity index (χ2v) is 6.16. The van der Waals surface area contributed by atoms with Crippen LogP contribution in [0.2, 0.25) is 0 Å². The minimum atomic E-state index is -0.976. The molecule has 1 aromatic heterocycles. The SMILES string of the molecule is Cc1noc(C)c1CC(=O)NC(CC(=O)O)c1ccc(Br)cc1. The predicted molar refractivity (Wildman–Crippen MR) is 87.0 cm³/mol. The minimum absolute atomic E-state index is 0.105. The van der Waals surface area contributed by atoms with Crippen molar-refractivity contribution in [3.8, 4) is 0 Å². The number of aliphatic carboxylic acids is 1. The number of halogens is 1. The van der Waals surface area contributed by atoms with E-state index in [4.69, 9.17) is 9.63 Å². The van der Waals surface area contributed by atoms with Gasteiger partial charge in [-0.3, -0.25) is 9.59 Å². The van der Waals surface area contributed by atoms with Crippen LogP contribution in [0.4, 0.5) is 0 Å². The van der Waals surface area contributed by atoms with Crippen molar-refractivity contribution in [3.63, 3.8) is 0 Å². The van der Waals surface area contributed by atoms with Crippen molar-refractivity contribution in [1.82, 2.24) is 10.5 Å². The summed E-state index contributed by atoms with van der Waals surface area (Å²) < 4.78 is 5.92. The quantitative estimate of drug-likeness (QED) is 0.803. The van der Waals surface area contributed by atoms with E-state index in [1.807, 2.05) is 12.1 Å². The first-order valence-corrected chi connectivity index (χ1v) is 7.84. The fraction of sp³-hybridized carbons (Fsp3) is 0.312. The van der Waals surface area contributed by atoms with E-state index in [-0.39, 0.29) is 18.7 Å². The standard InChI is InChI=1S/C16H17BrN2O4/c1-9-13(10(2)23-19-9)7-15(20)18-14(8-16(21)22)11-3-5-12(17)6-4-11/h3-6,14H,7-8H2,1-2H3,(H,18,20)(H,21,22). The van der Waals surface area contributed by atoms with Crippen LogP contribution in [0.1, 0.15) is 35.0 Å². The van der Waals surface area contributed by atoms with Crippen LogP contribution in [0.25, 0.3) is 0 Å². The van der Waals surface area contributed by atoms with Crippen molar-refractivity contribution in [2.45, 2.75) is 32.7 Å². The first-order valence-electron chi connectivity index (χ1n) is 7.05. The van der Waals surface area contributed by atoms with E-state index in [0.717, 1.165) is 15.6 Å². The summed E-state index contributed by atoms with van der Waals surface area (Å²) in [5, 5.41) is 15.7. The second kappa shape index (κ2) is 7.41. The zero-order valence-corrected chi connectivity index (χ0v) is 14.4. The normalized spacial score (nSPS) is 12.0. The van der Waals surface area contributed by atoms with Crippen LogP contribution in [0.3, 0.4) is 0 Å². The monoisotopic (exact) mass is 380 g/mol. The van der Waals surface area contributed by atoms with Crippen molar-refractivity contribution in [3.05, 3.63) is 51.3 Å². The van der Waals surface area contributed by atoms with Crippen LogP contribution >= 0.6 is 15.9 Å². The molecule has 23 heavy (non-hydrogen) atoms. The summed E-state index contributed by atoms with van der Waals surface area (Å²) >= 11 is 3.33. The molecule has 0 spiro atoms. The van der Waals surface area contributed by atoms with E-state index in [1.165, 1.54) is 0 Å². The number of aryl methyl sites for hydroxylation is 2. The van der Waals surface area contributed by atoms with Gasteiger partial charge in [0, 0.05) is 10.0 Å². The summed E-state index contributed by atoms with van der Waals surface area (Å²) in [5.41, 5.74) is 2.13. The lowest BCUT2D eigenvalue weighted by Crippen LogP contribution is -2.31. The van der Waals surface area contributed by atoms with Gasteiger partial charge >= 0.3 is 5.97 Å². The van der Waals surface area contributed by atoms with Crippen LogP contribution in [-0.4, -0.2) is 22.1 Å². The molecule has 0 fully saturated rings. The molecule has 0 aliphatic rings. The number of carbonyl (C=O) groups excluding carboxylic acids is 1. The molecule has 1 heterocycles. The van der Waals surface area contributed by atoms with Gasteiger partial charge in [0.15, 0.2) is 0 Å². The van der Waals surface area contributed by atoms with E-state index in [0.29, 0.717) is 11.5 Å². The Labute approximate surface area is 142 Å². The lowest BCUT2D eigenvalue weighted by Gasteiger charge is -2.17. The molecule has 7 heteroatoms. The molecule has 122 valence electrons. The van der Waals surface area contributed by atoms with E-state index >= 15 is 0 Å². The van der Waals surface area contributed by atoms with Crippen LogP contribution in [-0.2, 0) is 16.0 Å². The Hall–Kier alpha value is -2.15. The molecule has 0 saturated carbocycles. The summed E-state index contributed by atoms with van der Waals surface area (Å²) in [6.07, 6.45) is -0.0806. The van der Waals surface area contributed by atoms with Gasteiger partial charge in [0.25, 0.3) is 0 Å². The molecule has 1 amide bonds. The number of aromatic nitrogens is 1. The molecule has 0 saturated heterocycles. The van der Waals surface area contributed by atoms with E-state index < -0.39 is 12.0 Å². The van der Waals surface area contributed by atoms with Crippen LogP contribution in [0.5, 0.6) is 0 Å². The number of hydrogen-bond donors (Lipinski definition) is 2. The number of nitrogens with one attached hydrogen (secondary N) is 1. The zero-order chi connectivity index (χ0) is 17.0. The van der Waals surface area contributed by atoms with Gasteiger partial charge in [-0.05, 0) is 31.5 Å². The number of benzene rings is 1. The van der Waals surface area contributed by atoms with Gasteiger partial charge in [0.1, 0.15) is 5.76 Å². The van der Waals surface area contributed by atoms with Crippen molar-refractivity contribution >= 4 is 27.8 Å². The van der Waals surface area contributed by atoms with E-state index in [1.54, 1.807) is 26.0 Å². The fourth-order valence-electron chi connectivity index (χ4n) is 2.28. The molecule has 1 unspecified atom stereocenters. The highest BCUT2D eigenvalue weighted by Crippen LogP contribution is 2.20. The van der Waals surface area contributed by atoms with Gasteiger partial charge in [-0.25, -0.2) is 0 Å². The first-order chi connectivity index (χ1) is 10.9. The molecular formula is C16H17BrN2O4. The largest absolute Gasteiger partial charge is 0.481 e. The summed E-state index contributed by atoms with van der Waals surface area (Å²) in [6.45, 7) is 3.51. The zero-order valence-electron chi connectivity index (χ0n) is 12.8. The van der Waals surface area contributed by atoms with Gasteiger partial charge in [-0.2, -0.15) is 0 Å². The Bertz CT molecular complexity index is 690. The van der Waals surface area contributed by atoms with Crippen molar-refractivity contribution in [2.24, 2.45) is 0 Å². The Balaban J connectivity index is 2.12. The lowest BCUT2D eigenvalue weighted by atomic mass is 10.0. The first kappa shape index (κ1) is 17.2. The van der Waals surface area contributed by atoms with E-state index in [9.17, 15) is 9.59 Å². The minimum Gasteiger partial charge on any atom is -0.481 e. The van der Waals surface area contributed by atoms with Crippen LogP contribution < -0.4 is 5.32 Å². The highest BCUT2D eigenvalue weighted by molar-refractivity contribution is 9.10. The van der Waals surface area contributed by atoms with Crippen LogP contribution in [0, 0.1) is 13.8 Å². The maximum atomic E-state index is 12.3. The molecular weight excluding hydrogens is 364 g/mol. The average Bonchev–Trinajstić information content (AvgIpc) is 2.79. The predicted octanol–water partition coefficient (Wildman–Crippen LogP) is 2.93. The molecule has 2 aromatic rings. The molecule has 0 aliphatic carbocycles. The average molecular weight is 381 g/mol. The maximum Gasteiger partial charge on any atom is 0.305 e. The summed E-state index contributed by atoms with van der Waals surface area (Å²) in [7, 11) is 0. The van der Waals surface area contributed by atoms with Crippen molar-refractivity contribution < 1.29 is 19.2 Å². The third-order valence-corrected chi connectivity index (χ3v) is 4.03. The van der Waals surface area contributed by atoms with Gasteiger partial charge in [0.05, 0.1) is 24.6 Å². The molecule has 2 rings (SSSR count). The number of carboxylic acid groups (broad SMARTS) is 1. The van der Waals surface area contributed by atoms with Crippen LogP contribution in [0.15, 0.2) is 33.3 Å². The Kier molecular flexibility index (Phi) is 5.54. The Morgan fingerprint density at radius 3 is 2.48 bits per heavy atom. The van der Waals surface area contributed by atoms with Gasteiger partial charge in [-0.1, -0.05) is 33.2 Å². The van der Waals surface area contributed by atoms with Gasteiger partial charge < -0.3 is 14.9 Å². The van der Waals surface area contributed by atoms with Gasteiger partial charge in [-0.15, -0.1) is 0 Å². The highest BCUT2D eigenvalue weighted by Gasteiger charge is 2.20. The molecule has 6 nitrogen and oxygen atoms in total. The summed E-state index contributed by atoms with van der Waals surface area (Å²) in [4.78, 5) is 23.3. The number of carboxylic acids is 1. The lowest BCUT2D eigenvalue weighted by molar-refractivity contribution is -0.137. The number of carbonyl (C=O) groups is 2. The Morgan fingerprint density at radius 1 is 1.30 bits per heavy atom. The number of rotatable bonds is 6. The fourth-order valence-corrected chi connectivity index (χ4v) is 2.55. The second-order valence-electron chi connectivity index (χ2n) is 5.25. The van der Waals surface area contributed by atoms with E-state index in [2.05, 4.69) is 26.4 Å².